The van der Waals surface area contributed by atoms with Gasteiger partial charge in [0.1, 0.15) is 5.82 Å². The predicted molar refractivity (Wildman–Crippen MR) is 73.7 cm³/mol. The van der Waals surface area contributed by atoms with Gasteiger partial charge in [-0.3, -0.25) is 0 Å². The number of anilines is 1. The maximum Gasteiger partial charge on any atom is 0.134 e. The molecule has 1 rings (SSSR count). The Kier molecular flexibility index (Phi) is 6.09. The van der Waals surface area contributed by atoms with Gasteiger partial charge in [0.25, 0.3) is 0 Å². The van der Waals surface area contributed by atoms with Crippen LogP contribution in [0.15, 0.2) is 18.3 Å². The van der Waals surface area contributed by atoms with E-state index in [1.54, 1.807) is 13.1 Å². The van der Waals surface area contributed by atoms with Gasteiger partial charge in [-0.05, 0) is 25.8 Å². The van der Waals surface area contributed by atoms with Crippen molar-refractivity contribution >= 4 is 5.82 Å². The highest BCUT2D eigenvalue weighted by Crippen LogP contribution is 2.26. The molecule has 1 aromatic rings. The zero-order valence-corrected chi connectivity index (χ0v) is 11.5. The lowest BCUT2D eigenvalue weighted by Crippen LogP contribution is -2.38. The predicted octanol–water partition coefficient (Wildman–Crippen LogP) is 2.12. The largest absolute Gasteiger partial charge is 0.395 e. The summed E-state index contributed by atoms with van der Waals surface area (Å²) in [7, 11) is 0. The van der Waals surface area contributed by atoms with Gasteiger partial charge >= 0.3 is 0 Å². The van der Waals surface area contributed by atoms with Crippen LogP contribution in [0.25, 0.3) is 0 Å². The molecule has 18 heavy (non-hydrogen) atoms. The van der Waals surface area contributed by atoms with Gasteiger partial charge in [0.2, 0.25) is 0 Å². The molecule has 1 heterocycles. The van der Waals surface area contributed by atoms with Crippen molar-refractivity contribution in [2.45, 2.75) is 45.8 Å². The van der Waals surface area contributed by atoms with Crippen molar-refractivity contribution in [1.29, 1.82) is 0 Å². The minimum absolute atomic E-state index is 0.0896. The zero-order valence-electron chi connectivity index (χ0n) is 11.5. The molecule has 0 aliphatic carbocycles. The molecule has 0 aliphatic rings. The summed E-state index contributed by atoms with van der Waals surface area (Å²) in [5, 5.41) is 19.1. The van der Waals surface area contributed by atoms with E-state index in [0.717, 1.165) is 24.2 Å². The second-order valence-corrected chi connectivity index (χ2v) is 4.48. The first-order chi connectivity index (χ1) is 8.65. The molecular formula is C14H24N2O2. The fourth-order valence-corrected chi connectivity index (χ4v) is 2.27. The molecule has 4 heteroatoms. The Balaban J connectivity index is 3.12. The maximum atomic E-state index is 9.82. The van der Waals surface area contributed by atoms with E-state index < -0.39 is 6.10 Å². The molecule has 0 radical (unpaired) electrons. The molecule has 0 bridgehead atoms. The third-order valence-electron chi connectivity index (χ3n) is 3.26. The summed E-state index contributed by atoms with van der Waals surface area (Å²) in [5.41, 5.74) is 0.817. The first-order valence-corrected chi connectivity index (χ1v) is 6.66. The van der Waals surface area contributed by atoms with E-state index >= 15 is 0 Å². The van der Waals surface area contributed by atoms with E-state index in [9.17, 15) is 10.2 Å². The molecule has 0 aromatic carbocycles. The fraction of sp³-hybridized carbons (Fsp3) is 0.643. The molecule has 1 atom stereocenters. The zero-order chi connectivity index (χ0) is 13.5. The summed E-state index contributed by atoms with van der Waals surface area (Å²) < 4.78 is 0. The lowest BCUT2D eigenvalue weighted by Gasteiger charge is -2.33. The van der Waals surface area contributed by atoms with Crippen LogP contribution in [0.2, 0.25) is 0 Å². The van der Waals surface area contributed by atoms with E-state index in [0.29, 0.717) is 12.6 Å². The Morgan fingerprint density at radius 3 is 2.50 bits per heavy atom. The fourth-order valence-electron chi connectivity index (χ4n) is 2.27. The molecule has 1 aromatic heterocycles. The summed E-state index contributed by atoms with van der Waals surface area (Å²) in [6.45, 7) is 6.63. The lowest BCUT2D eigenvalue weighted by atomic mass is 10.1. The Bertz CT molecular complexity index is 351. The molecule has 0 fully saturated rings. The van der Waals surface area contributed by atoms with Gasteiger partial charge in [-0.25, -0.2) is 4.98 Å². The van der Waals surface area contributed by atoms with E-state index in [1.165, 1.54) is 0 Å². The summed E-state index contributed by atoms with van der Waals surface area (Å²) >= 11 is 0. The van der Waals surface area contributed by atoms with Crippen molar-refractivity contribution in [3.05, 3.63) is 23.9 Å². The number of nitrogens with zero attached hydrogens (tertiary/aromatic N) is 2. The van der Waals surface area contributed by atoms with Crippen molar-refractivity contribution in [3.8, 4) is 0 Å². The Labute approximate surface area is 109 Å². The molecule has 0 saturated heterocycles. The van der Waals surface area contributed by atoms with Crippen molar-refractivity contribution in [2.24, 2.45) is 0 Å². The van der Waals surface area contributed by atoms with Crippen LogP contribution in [0.5, 0.6) is 0 Å². The minimum atomic E-state index is -0.552. The average molecular weight is 252 g/mol. The second kappa shape index (κ2) is 7.34. The number of rotatable bonds is 7. The smallest absolute Gasteiger partial charge is 0.134 e. The van der Waals surface area contributed by atoms with E-state index in [4.69, 9.17) is 0 Å². The Morgan fingerprint density at radius 1 is 1.33 bits per heavy atom. The van der Waals surface area contributed by atoms with Gasteiger partial charge in [-0.1, -0.05) is 19.9 Å². The molecule has 0 aliphatic heterocycles. The normalized spacial score (nSPS) is 12.8. The van der Waals surface area contributed by atoms with Crippen molar-refractivity contribution in [2.75, 3.05) is 18.1 Å². The van der Waals surface area contributed by atoms with Crippen LogP contribution in [0.4, 0.5) is 5.82 Å². The molecule has 2 N–H and O–H groups in total. The lowest BCUT2D eigenvalue weighted by molar-refractivity contribution is 0.198. The van der Waals surface area contributed by atoms with Gasteiger partial charge in [-0.2, -0.15) is 0 Å². The number of aromatic nitrogens is 1. The monoisotopic (exact) mass is 252 g/mol. The van der Waals surface area contributed by atoms with E-state index in [1.807, 2.05) is 12.1 Å². The number of hydrogen-bond donors (Lipinski definition) is 2. The second-order valence-electron chi connectivity index (χ2n) is 4.48. The SMILES string of the molecule is CCC(CC)N(CCO)c1ncccc1[C@H](C)O. The molecule has 0 amide bonds. The molecule has 0 unspecified atom stereocenters. The van der Waals surface area contributed by atoms with Crippen molar-refractivity contribution in [3.63, 3.8) is 0 Å². The molecular weight excluding hydrogens is 228 g/mol. The average Bonchev–Trinajstić information content (AvgIpc) is 2.39. The van der Waals surface area contributed by atoms with Crippen LogP contribution >= 0.6 is 0 Å². The van der Waals surface area contributed by atoms with Gasteiger partial charge in [0.15, 0.2) is 0 Å². The van der Waals surface area contributed by atoms with Crippen LogP contribution in [0.3, 0.4) is 0 Å². The topological polar surface area (TPSA) is 56.6 Å². The summed E-state index contributed by atoms with van der Waals surface area (Å²) in [5.74, 6) is 0.787. The quantitative estimate of drug-likeness (QED) is 0.780. The highest BCUT2D eigenvalue weighted by atomic mass is 16.3. The third kappa shape index (κ3) is 3.43. The van der Waals surface area contributed by atoms with Gasteiger partial charge in [0.05, 0.1) is 12.7 Å². The van der Waals surface area contributed by atoms with Crippen molar-refractivity contribution < 1.29 is 10.2 Å². The number of aliphatic hydroxyl groups is 2. The molecule has 0 spiro atoms. The minimum Gasteiger partial charge on any atom is -0.395 e. The first-order valence-electron chi connectivity index (χ1n) is 6.66. The van der Waals surface area contributed by atoms with Gasteiger partial charge in [-0.15, -0.1) is 0 Å². The van der Waals surface area contributed by atoms with Crippen LogP contribution in [0.1, 0.15) is 45.3 Å². The molecule has 4 nitrogen and oxygen atoms in total. The van der Waals surface area contributed by atoms with E-state index in [-0.39, 0.29) is 6.61 Å². The summed E-state index contributed by atoms with van der Waals surface area (Å²) in [6.07, 6.45) is 3.16. The van der Waals surface area contributed by atoms with E-state index in [2.05, 4.69) is 23.7 Å². The van der Waals surface area contributed by atoms with Crippen LogP contribution in [0, 0.1) is 0 Å². The first kappa shape index (κ1) is 14.9. The third-order valence-corrected chi connectivity index (χ3v) is 3.26. The maximum absolute atomic E-state index is 9.82. The Hall–Kier alpha value is -1.13. The standard InChI is InChI=1S/C14H24N2O2/c1-4-12(5-2)16(9-10-17)14-13(11(3)18)7-6-8-15-14/h6-8,11-12,17-18H,4-5,9-10H2,1-3H3/t11-/m0/s1. The number of aliphatic hydroxyl groups excluding tert-OH is 2. The van der Waals surface area contributed by atoms with Gasteiger partial charge in [0, 0.05) is 24.3 Å². The summed E-state index contributed by atoms with van der Waals surface area (Å²) in [4.78, 5) is 6.49. The number of hydrogen-bond acceptors (Lipinski definition) is 4. The summed E-state index contributed by atoms with van der Waals surface area (Å²) in [6, 6.07) is 4.06. The highest BCUT2D eigenvalue weighted by molar-refractivity contribution is 5.48. The number of pyridine rings is 1. The Morgan fingerprint density at radius 2 is 2.00 bits per heavy atom. The van der Waals surface area contributed by atoms with Gasteiger partial charge < -0.3 is 15.1 Å². The molecule has 0 saturated carbocycles. The highest BCUT2D eigenvalue weighted by Gasteiger charge is 2.20. The van der Waals surface area contributed by atoms with Crippen LogP contribution < -0.4 is 4.90 Å². The van der Waals surface area contributed by atoms with Crippen LogP contribution in [-0.4, -0.2) is 34.4 Å². The molecule has 102 valence electrons. The van der Waals surface area contributed by atoms with Crippen LogP contribution in [-0.2, 0) is 0 Å². The van der Waals surface area contributed by atoms with Crippen molar-refractivity contribution in [1.82, 2.24) is 4.98 Å².